The molecule has 0 saturated heterocycles. The molecule has 0 aliphatic heterocycles. The van der Waals surface area contributed by atoms with E-state index in [1.807, 2.05) is 30.5 Å². The molecule has 1 atom stereocenters. The van der Waals surface area contributed by atoms with E-state index in [0.29, 0.717) is 5.13 Å². The summed E-state index contributed by atoms with van der Waals surface area (Å²) in [6.07, 6.45) is 20.3. The number of benzene rings is 2. The van der Waals surface area contributed by atoms with E-state index in [9.17, 15) is 0 Å². The van der Waals surface area contributed by atoms with E-state index in [1.54, 1.807) is 0 Å². The van der Waals surface area contributed by atoms with Crippen LogP contribution in [0.4, 0.5) is 5.13 Å². The predicted molar refractivity (Wildman–Crippen MR) is 164 cm³/mol. The number of aryl methyl sites for hydroxylation is 1. The number of ether oxygens (including phenoxy) is 1. The van der Waals surface area contributed by atoms with Gasteiger partial charge in [-0.3, -0.25) is 0 Å². The maximum Gasteiger partial charge on any atom is 0.231 e. The molecule has 1 heterocycles. The highest BCUT2D eigenvalue weighted by atomic mass is 32.1. The SMILES string of the molecule is CCCCCCCCCCc1ccc(-c2nnc(/N=C/c3ccc(O[C@H](C)CCCCCC)cc3)s2)cc1. The topological polar surface area (TPSA) is 47.4 Å². The number of aliphatic imine (C=N–C) groups is 1. The van der Waals surface area contributed by atoms with Gasteiger partial charge in [-0.1, -0.05) is 114 Å². The minimum atomic E-state index is 0.241. The fourth-order valence-corrected chi connectivity index (χ4v) is 5.27. The molecule has 0 N–H and O–H groups in total. The summed E-state index contributed by atoms with van der Waals surface area (Å²) >= 11 is 1.52. The smallest absolute Gasteiger partial charge is 0.231 e. The van der Waals surface area contributed by atoms with Gasteiger partial charge >= 0.3 is 0 Å². The molecule has 3 aromatic rings. The number of rotatable bonds is 19. The molecule has 0 aliphatic rings. The van der Waals surface area contributed by atoms with E-state index < -0.39 is 0 Å². The van der Waals surface area contributed by atoms with E-state index in [4.69, 9.17) is 4.74 Å². The van der Waals surface area contributed by atoms with Crippen LogP contribution in [-0.2, 0) is 6.42 Å². The van der Waals surface area contributed by atoms with Crippen molar-refractivity contribution < 1.29 is 4.74 Å². The minimum absolute atomic E-state index is 0.241. The molecule has 0 amide bonds. The highest BCUT2D eigenvalue weighted by Gasteiger charge is 2.07. The number of unbranched alkanes of at least 4 members (excludes halogenated alkanes) is 10. The summed E-state index contributed by atoms with van der Waals surface area (Å²) in [4.78, 5) is 4.55. The molecule has 0 aliphatic carbocycles. The Morgan fingerprint density at radius 3 is 2.08 bits per heavy atom. The molecule has 0 fully saturated rings. The molecule has 0 radical (unpaired) electrons. The van der Waals surface area contributed by atoms with Gasteiger partial charge in [0.05, 0.1) is 6.10 Å². The standard InChI is InChI=1S/C33H47N3OS/c1-4-6-8-10-11-12-13-15-17-28-18-22-30(23-19-28)32-35-36-33(38-32)34-26-29-20-24-31(25-21-29)37-27(3)16-14-9-7-5-2/h18-27H,4-17H2,1-3H3/b34-26+/t27-/m1/s1. The first-order chi connectivity index (χ1) is 18.7. The molecule has 0 unspecified atom stereocenters. The van der Waals surface area contributed by atoms with Crippen LogP contribution >= 0.6 is 11.3 Å². The summed E-state index contributed by atoms with van der Waals surface area (Å²) in [6.45, 7) is 6.67. The van der Waals surface area contributed by atoms with Crippen molar-refractivity contribution in [3.05, 3.63) is 59.7 Å². The largest absolute Gasteiger partial charge is 0.491 e. The first kappa shape index (κ1) is 30.0. The first-order valence-corrected chi connectivity index (χ1v) is 15.7. The van der Waals surface area contributed by atoms with Crippen LogP contribution in [-0.4, -0.2) is 22.5 Å². The monoisotopic (exact) mass is 533 g/mol. The Kier molecular flexibility index (Phi) is 14.1. The van der Waals surface area contributed by atoms with E-state index in [1.165, 1.54) is 94.0 Å². The molecular formula is C33H47N3OS. The van der Waals surface area contributed by atoms with Crippen LogP contribution in [0.15, 0.2) is 53.5 Å². The van der Waals surface area contributed by atoms with Gasteiger partial charge < -0.3 is 4.74 Å². The maximum atomic E-state index is 6.06. The third kappa shape index (κ3) is 11.5. The third-order valence-electron chi connectivity index (χ3n) is 6.94. The molecule has 0 spiro atoms. The molecule has 4 nitrogen and oxygen atoms in total. The Morgan fingerprint density at radius 1 is 0.763 bits per heavy atom. The second-order valence-corrected chi connectivity index (χ2v) is 11.4. The van der Waals surface area contributed by atoms with E-state index in [2.05, 4.69) is 60.2 Å². The average molecular weight is 534 g/mol. The minimum Gasteiger partial charge on any atom is -0.491 e. The van der Waals surface area contributed by atoms with Crippen LogP contribution in [0.5, 0.6) is 5.75 Å². The summed E-state index contributed by atoms with van der Waals surface area (Å²) in [5, 5.41) is 10.2. The Morgan fingerprint density at radius 2 is 1.39 bits per heavy atom. The van der Waals surface area contributed by atoms with Crippen molar-refractivity contribution in [3.63, 3.8) is 0 Å². The maximum absolute atomic E-state index is 6.06. The molecule has 1 aromatic heterocycles. The Hall–Kier alpha value is -2.53. The summed E-state index contributed by atoms with van der Waals surface area (Å²) in [5.41, 5.74) is 3.53. The Balaban J connectivity index is 1.40. The Bertz CT molecular complexity index is 1040. The van der Waals surface area contributed by atoms with Gasteiger partial charge in [-0.25, -0.2) is 4.99 Å². The highest BCUT2D eigenvalue weighted by Crippen LogP contribution is 2.28. The van der Waals surface area contributed by atoms with Gasteiger partial charge in [-0.15, -0.1) is 10.2 Å². The van der Waals surface area contributed by atoms with Crippen LogP contribution < -0.4 is 4.74 Å². The van der Waals surface area contributed by atoms with Gasteiger partial charge in [0.1, 0.15) is 10.8 Å². The normalized spacial score (nSPS) is 12.3. The number of hydrogen-bond donors (Lipinski definition) is 0. The predicted octanol–water partition coefficient (Wildman–Crippen LogP) is 10.4. The van der Waals surface area contributed by atoms with Crippen molar-refractivity contribution in [2.45, 2.75) is 117 Å². The quantitative estimate of drug-likeness (QED) is 0.114. The summed E-state index contributed by atoms with van der Waals surface area (Å²) in [6, 6.07) is 16.9. The van der Waals surface area contributed by atoms with Crippen molar-refractivity contribution in [2.75, 3.05) is 0 Å². The number of aromatic nitrogens is 2. The van der Waals surface area contributed by atoms with Crippen molar-refractivity contribution in [1.29, 1.82) is 0 Å². The van der Waals surface area contributed by atoms with Gasteiger partial charge in [0.2, 0.25) is 5.13 Å². The zero-order valence-corrected chi connectivity index (χ0v) is 24.6. The lowest BCUT2D eigenvalue weighted by atomic mass is 10.0. The third-order valence-corrected chi connectivity index (χ3v) is 7.82. The molecular weight excluding hydrogens is 486 g/mol. The van der Waals surface area contributed by atoms with E-state index in [0.717, 1.165) is 34.7 Å². The molecule has 38 heavy (non-hydrogen) atoms. The zero-order chi connectivity index (χ0) is 26.8. The lowest BCUT2D eigenvalue weighted by molar-refractivity contribution is 0.206. The number of nitrogens with zero attached hydrogens (tertiary/aromatic N) is 3. The van der Waals surface area contributed by atoms with Crippen molar-refractivity contribution in [3.8, 4) is 16.3 Å². The first-order valence-electron chi connectivity index (χ1n) is 14.9. The van der Waals surface area contributed by atoms with Gasteiger partial charge in [-0.2, -0.15) is 0 Å². The van der Waals surface area contributed by atoms with Crippen LogP contribution in [0.1, 0.15) is 115 Å². The van der Waals surface area contributed by atoms with Crippen molar-refractivity contribution in [1.82, 2.24) is 10.2 Å². The average Bonchev–Trinajstić information content (AvgIpc) is 3.42. The molecule has 0 bridgehead atoms. The lowest BCUT2D eigenvalue weighted by Gasteiger charge is -2.14. The molecule has 5 heteroatoms. The molecule has 2 aromatic carbocycles. The second kappa shape index (κ2) is 17.9. The van der Waals surface area contributed by atoms with Crippen molar-refractivity contribution in [2.24, 2.45) is 4.99 Å². The fourth-order valence-electron chi connectivity index (χ4n) is 4.57. The van der Waals surface area contributed by atoms with Gasteiger partial charge in [0.15, 0.2) is 0 Å². The zero-order valence-electron chi connectivity index (χ0n) is 23.8. The van der Waals surface area contributed by atoms with Crippen molar-refractivity contribution >= 4 is 22.7 Å². The van der Waals surface area contributed by atoms with Gasteiger partial charge in [0, 0.05) is 11.8 Å². The lowest BCUT2D eigenvalue weighted by Crippen LogP contribution is -2.11. The Labute approximate surface area is 235 Å². The molecule has 206 valence electrons. The van der Waals surface area contributed by atoms with Crippen LogP contribution in [0, 0.1) is 0 Å². The van der Waals surface area contributed by atoms with Gasteiger partial charge in [0.25, 0.3) is 0 Å². The summed E-state index contributed by atoms with van der Waals surface area (Å²) in [5.74, 6) is 0.911. The van der Waals surface area contributed by atoms with E-state index in [-0.39, 0.29) is 6.10 Å². The molecule has 0 saturated carbocycles. The highest BCUT2D eigenvalue weighted by molar-refractivity contribution is 7.18. The number of hydrogen-bond acceptors (Lipinski definition) is 5. The summed E-state index contributed by atoms with van der Waals surface area (Å²) in [7, 11) is 0. The van der Waals surface area contributed by atoms with Gasteiger partial charge in [-0.05, 0) is 68.0 Å². The molecule has 3 rings (SSSR count). The summed E-state index contributed by atoms with van der Waals surface area (Å²) < 4.78 is 6.06. The van der Waals surface area contributed by atoms with Crippen LogP contribution in [0.25, 0.3) is 10.6 Å². The fraction of sp³-hybridized carbons (Fsp3) is 0.545. The van der Waals surface area contributed by atoms with Crippen LogP contribution in [0.2, 0.25) is 0 Å². The van der Waals surface area contributed by atoms with E-state index >= 15 is 0 Å². The van der Waals surface area contributed by atoms with Crippen LogP contribution in [0.3, 0.4) is 0 Å². The second-order valence-electron chi connectivity index (χ2n) is 10.4.